The summed E-state index contributed by atoms with van der Waals surface area (Å²) in [5, 5.41) is 3.22. The molecule has 0 aliphatic rings. The minimum Gasteiger partial charge on any atom is -0.496 e. The lowest BCUT2D eigenvalue weighted by Crippen LogP contribution is -2.19. The van der Waals surface area contributed by atoms with E-state index in [-0.39, 0.29) is 0 Å². The zero-order chi connectivity index (χ0) is 12.5. The van der Waals surface area contributed by atoms with Gasteiger partial charge in [0.2, 0.25) is 0 Å². The molecule has 1 rings (SSSR count). The second kappa shape index (κ2) is 8.50. The Morgan fingerprint density at radius 1 is 1.29 bits per heavy atom. The van der Waals surface area contributed by atoms with Gasteiger partial charge >= 0.3 is 0 Å². The van der Waals surface area contributed by atoms with E-state index in [0.29, 0.717) is 0 Å². The van der Waals surface area contributed by atoms with Gasteiger partial charge in [0.15, 0.2) is 0 Å². The van der Waals surface area contributed by atoms with Crippen molar-refractivity contribution in [2.24, 2.45) is 0 Å². The van der Waals surface area contributed by atoms with Crippen molar-refractivity contribution in [2.45, 2.75) is 13.3 Å². The van der Waals surface area contributed by atoms with Gasteiger partial charge < -0.3 is 14.8 Å². The molecular formula is C13H20BrNO2. The van der Waals surface area contributed by atoms with Gasteiger partial charge in [0.1, 0.15) is 5.75 Å². The van der Waals surface area contributed by atoms with Crippen LogP contribution in [0.4, 0.5) is 0 Å². The number of halogens is 1. The third kappa shape index (κ3) is 5.52. The largest absolute Gasteiger partial charge is 0.496 e. The first kappa shape index (κ1) is 14.5. The summed E-state index contributed by atoms with van der Waals surface area (Å²) in [4.78, 5) is 0. The molecule has 0 aliphatic heterocycles. The van der Waals surface area contributed by atoms with Crippen LogP contribution in [0.2, 0.25) is 0 Å². The first-order valence-electron chi connectivity index (χ1n) is 5.88. The Morgan fingerprint density at radius 3 is 2.76 bits per heavy atom. The quantitative estimate of drug-likeness (QED) is 0.749. The molecule has 1 aromatic carbocycles. The Bertz CT molecular complexity index is 331. The molecule has 0 aromatic heterocycles. The maximum atomic E-state index is 5.53. The Hall–Kier alpha value is -0.580. The van der Waals surface area contributed by atoms with Gasteiger partial charge in [-0.25, -0.2) is 0 Å². The van der Waals surface area contributed by atoms with E-state index in [1.165, 1.54) is 5.56 Å². The Kier molecular flexibility index (Phi) is 7.24. The van der Waals surface area contributed by atoms with Crippen LogP contribution in [-0.4, -0.2) is 33.4 Å². The summed E-state index contributed by atoms with van der Waals surface area (Å²) < 4.78 is 11.7. The number of methoxy groups -OCH3 is 1. The van der Waals surface area contributed by atoms with Gasteiger partial charge in [-0.05, 0) is 46.6 Å². The van der Waals surface area contributed by atoms with Crippen molar-refractivity contribution in [3.05, 3.63) is 28.2 Å². The molecule has 4 heteroatoms. The average molecular weight is 302 g/mol. The highest BCUT2D eigenvalue weighted by atomic mass is 79.9. The summed E-state index contributed by atoms with van der Waals surface area (Å²) in [5.41, 5.74) is 1.25. The first-order valence-corrected chi connectivity index (χ1v) is 6.68. The molecule has 0 spiro atoms. The molecule has 0 saturated heterocycles. The van der Waals surface area contributed by atoms with Crippen molar-refractivity contribution in [2.75, 3.05) is 33.4 Å². The van der Waals surface area contributed by atoms with E-state index in [1.807, 2.05) is 6.07 Å². The molecule has 0 heterocycles. The van der Waals surface area contributed by atoms with E-state index < -0.39 is 0 Å². The summed E-state index contributed by atoms with van der Waals surface area (Å²) >= 11 is 3.47. The number of hydrogen-bond donors (Lipinski definition) is 1. The van der Waals surface area contributed by atoms with Gasteiger partial charge in [-0.1, -0.05) is 13.0 Å². The zero-order valence-corrected chi connectivity index (χ0v) is 12.0. The predicted molar refractivity (Wildman–Crippen MR) is 73.8 cm³/mol. The number of likely N-dealkylation sites (N-methyl/N-ethyl adjacent to an activating group) is 1. The molecule has 0 aliphatic carbocycles. The van der Waals surface area contributed by atoms with Crippen molar-refractivity contribution < 1.29 is 9.47 Å². The Morgan fingerprint density at radius 2 is 2.12 bits per heavy atom. The van der Waals surface area contributed by atoms with Gasteiger partial charge in [0, 0.05) is 6.54 Å². The molecule has 0 atom stereocenters. The summed E-state index contributed by atoms with van der Waals surface area (Å²) in [6.07, 6.45) is 0.925. The monoisotopic (exact) mass is 301 g/mol. The van der Waals surface area contributed by atoms with Crippen LogP contribution in [-0.2, 0) is 11.2 Å². The molecule has 1 N–H and O–H groups in total. The van der Waals surface area contributed by atoms with Crippen LogP contribution >= 0.6 is 15.9 Å². The summed E-state index contributed by atoms with van der Waals surface area (Å²) in [6, 6.07) is 6.11. The Balaban J connectivity index is 2.25. The zero-order valence-electron chi connectivity index (χ0n) is 10.5. The van der Waals surface area contributed by atoms with Crippen LogP contribution in [0.5, 0.6) is 5.75 Å². The van der Waals surface area contributed by atoms with Crippen LogP contribution in [0, 0.1) is 0 Å². The summed E-state index contributed by atoms with van der Waals surface area (Å²) in [6.45, 7) is 5.53. The van der Waals surface area contributed by atoms with Crippen LogP contribution < -0.4 is 10.1 Å². The fraction of sp³-hybridized carbons (Fsp3) is 0.538. The van der Waals surface area contributed by atoms with Gasteiger partial charge in [0.05, 0.1) is 24.8 Å². The third-order valence-corrected chi connectivity index (χ3v) is 3.04. The number of nitrogens with one attached hydrogen (secondary N) is 1. The van der Waals surface area contributed by atoms with E-state index >= 15 is 0 Å². The first-order chi connectivity index (χ1) is 8.27. The van der Waals surface area contributed by atoms with Crippen molar-refractivity contribution in [3.8, 4) is 5.75 Å². The smallest absolute Gasteiger partial charge is 0.133 e. The lowest BCUT2D eigenvalue weighted by atomic mass is 10.1. The summed E-state index contributed by atoms with van der Waals surface area (Å²) in [5.74, 6) is 0.863. The summed E-state index contributed by atoms with van der Waals surface area (Å²) in [7, 11) is 1.67. The highest BCUT2D eigenvalue weighted by molar-refractivity contribution is 9.10. The third-order valence-electron chi connectivity index (χ3n) is 2.42. The van der Waals surface area contributed by atoms with Gasteiger partial charge in [-0.3, -0.25) is 0 Å². The van der Waals surface area contributed by atoms with E-state index in [2.05, 4.69) is 40.3 Å². The highest BCUT2D eigenvalue weighted by Gasteiger charge is 2.01. The normalized spacial score (nSPS) is 10.5. The molecule has 0 amide bonds. The van der Waals surface area contributed by atoms with Crippen molar-refractivity contribution in [1.82, 2.24) is 5.32 Å². The molecule has 0 unspecified atom stereocenters. The fourth-order valence-corrected chi connectivity index (χ4v) is 2.07. The van der Waals surface area contributed by atoms with E-state index in [1.54, 1.807) is 7.11 Å². The minimum atomic E-state index is 0.754. The second-order valence-corrected chi connectivity index (χ2v) is 4.54. The molecule has 0 fully saturated rings. The predicted octanol–water partition coefficient (Wildman–Crippen LogP) is 2.63. The van der Waals surface area contributed by atoms with Crippen molar-refractivity contribution >= 4 is 15.9 Å². The number of benzene rings is 1. The standard InChI is InChI=1S/C13H20BrNO2/c1-3-15-7-9-17-8-6-11-4-5-13(16-2)12(14)10-11/h4-5,10,15H,3,6-9H2,1-2H3. The van der Waals surface area contributed by atoms with E-state index in [0.717, 1.165) is 42.9 Å². The molecule has 0 radical (unpaired) electrons. The second-order valence-electron chi connectivity index (χ2n) is 3.68. The van der Waals surface area contributed by atoms with Crippen LogP contribution in [0.3, 0.4) is 0 Å². The molecule has 96 valence electrons. The fourth-order valence-electron chi connectivity index (χ4n) is 1.48. The topological polar surface area (TPSA) is 30.5 Å². The lowest BCUT2D eigenvalue weighted by molar-refractivity contribution is 0.139. The van der Waals surface area contributed by atoms with E-state index in [9.17, 15) is 0 Å². The molecule has 3 nitrogen and oxygen atoms in total. The number of ether oxygens (including phenoxy) is 2. The van der Waals surface area contributed by atoms with Crippen molar-refractivity contribution in [3.63, 3.8) is 0 Å². The van der Waals surface area contributed by atoms with Crippen LogP contribution in [0.1, 0.15) is 12.5 Å². The maximum Gasteiger partial charge on any atom is 0.133 e. The number of rotatable bonds is 8. The Labute approximate surface area is 112 Å². The molecule has 0 saturated carbocycles. The van der Waals surface area contributed by atoms with E-state index in [4.69, 9.17) is 9.47 Å². The SMILES string of the molecule is CCNCCOCCc1ccc(OC)c(Br)c1. The highest BCUT2D eigenvalue weighted by Crippen LogP contribution is 2.25. The molecule has 17 heavy (non-hydrogen) atoms. The average Bonchev–Trinajstić information content (AvgIpc) is 2.34. The molecule has 1 aromatic rings. The number of hydrogen-bond acceptors (Lipinski definition) is 3. The minimum absolute atomic E-state index is 0.754. The molecule has 0 bridgehead atoms. The molecular weight excluding hydrogens is 282 g/mol. The van der Waals surface area contributed by atoms with Gasteiger partial charge in [-0.15, -0.1) is 0 Å². The van der Waals surface area contributed by atoms with Crippen molar-refractivity contribution in [1.29, 1.82) is 0 Å². The van der Waals surface area contributed by atoms with Gasteiger partial charge in [0.25, 0.3) is 0 Å². The maximum absolute atomic E-state index is 5.53. The van der Waals surface area contributed by atoms with Crippen LogP contribution in [0.25, 0.3) is 0 Å². The van der Waals surface area contributed by atoms with Gasteiger partial charge in [-0.2, -0.15) is 0 Å². The van der Waals surface area contributed by atoms with Crippen LogP contribution in [0.15, 0.2) is 22.7 Å². The lowest BCUT2D eigenvalue weighted by Gasteiger charge is -2.07.